The monoisotopic (exact) mass is 549 g/mol. The maximum Gasteiger partial charge on any atom is 0.414 e. The van der Waals surface area contributed by atoms with E-state index >= 15 is 0 Å². The van der Waals surface area contributed by atoms with Gasteiger partial charge in [0.05, 0.1) is 25.0 Å². The number of hydrogen-bond acceptors (Lipinski definition) is 8. The van der Waals surface area contributed by atoms with Gasteiger partial charge in [0.15, 0.2) is 0 Å². The number of rotatable bonds is 6. The number of cyclic esters (lactones) is 2. The first-order chi connectivity index (χ1) is 19.5. The van der Waals surface area contributed by atoms with Crippen molar-refractivity contribution in [2.24, 2.45) is 0 Å². The zero-order valence-corrected chi connectivity index (χ0v) is 22.8. The highest BCUT2D eigenvalue weighted by molar-refractivity contribution is 5.97. The molecule has 2 amide bonds. The summed E-state index contributed by atoms with van der Waals surface area (Å²) in [5, 5.41) is 0. The van der Waals surface area contributed by atoms with Crippen LogP contribution in [-0.4, -0.2) is 85.9 Å². The normalized spacial score (nSPS) is 22.5. The Morgan fingerprint density at radius 1 is 0.925 bits per heavy atom. The predicted molar refractivity (Wildman–Crippen MR) is 146 cm³/mol. The van der Waals surface area contributed by atoms with E-state index < -0.39 is 0 Å². The van der Waals surface area contributed by atoms with E-state index in [-0.39, 0.29) is 36.2 Å². The van der Waals surface area contributed by atoms with Gasteiger partial charge in [0.25, 0.3) is 5.91 Å². The molecule has 4 aliphatic rings. The van der Waals surface area contributed by atoms with Crippen LogP contribution in [0.15, 0.2) is 42.5 Å². The van der Waals surface area contributed by atoms with Crippen LogP contribution in [-0.2, 0) is 20.9 Å². The van der Waals surface area contributed by atoms with E-state index in [2.05, 4.69) is 4.90 Å². The van der Waals surface area contributed by atoms with Crippen molar-refractivity contribution < 1.29 is 33.3 Å². The number of para-hydroxylation sites is 1. The molecule has 0 N–H and O–H groups in total. The molecule has 0 spiro atoms. The van der Waals surface area contributed by atoms with Gasteiger partial charge in [-0.15, -0.1) is 0 Å². The molecule has 1 atom stereocenters. The van der Waals surface area contributed by atoms with E-state index in [1.807, 2.05) is 35.2 Å². The largest absolute Gasteiger partial charge is 0.496 e. The first-order valence-electron chi connectivity index (χ1n) is 14.1. The lowest BCUT2D eigenvalue weighted by Crippen LogP contribution is -2.50. The van der Waals surface area contributed by atoms with Gasteiger partial charge in [-0.1, -0.05) is 18.2 Å². The van der Waals surface area contributed by atoms with Crippen LogP contribution in [0.3, 0.4) is 0 Å². The Balaban J connectivity index is 1.05. The average molecular weight is 550 g/mol. The number of anilines is 1. The van der Waals surface area contributed by atoms with E-state index in [4.69, 9.17) is 18.9 Å². The average Bonchev–Trinajstić information content (AvgIpc) is 3.43. The highest BCUT2D eigenvalue weighted by atomic mass is 16.6. The zero-order valence-electron chi connectivity index (χ0n) is 22.8. The number of carbonyl (C=O) groups excluding carboxylic acids is 3. The Morgan fingerprint density at radius 3 is 2.42 bits per heavy atom. The molecule has 0 radical (unpaired) electrons. The molecule has 0 saturated carbocycles. The highest BCUT2D eigenvalue weighted by Crippen LogP contribution is 2.33. The smallest absolute Gasteiger partial charge is 0.414 e. The number of esters is 1. The van der Waals surface area contributed by atoms with Crippen molar-refractivity contribution in [2.45, 2.75) is 56.9 Å². The lowest BCUT2D eigenvalue weighted by Gasteiger charge is -2.40. The molecule has 10 heteroatoms. The van der Waals surface area contributed by atoms with Crippen molar-refractivity contribution in [3.8, 4) is 11.5 Å². The molecule has 40 heavy (non-hydrogen) atoms. The summed E-state index contributed by atoms with van der Waals surface area (Å²) in [7, 11) is 1.56. The van der Waals surface area contributed by atoms with Gasteiger partial charge >= 0.3 is 12.1 Å². The van der Waals surface area contributed by atoms with Gasteiger partial charge in [0.2, 0.25) is 0 Å². The Labute approximate surface area is 233 Å². The SMILES string of the molecule is COc1cc(OC2CCN(C3CCOC3=O)CC2)ccc1C(=O)N1CCC(N2C(=O)OCc3ccccc32)CC1. The number of ether oxygens (including phenoxy) is 4. The second-order valence-corrected chi connectivity index (χ2v) is 10.8. The number of likely N-dealkylation sites (tertiary alicyclic amines) is 2. The Bertz CT molecular complexity index is 1270. The number of methoxy groups -OCH3 is 1. The van der Waals surface area contributed by atoms with Gasteiger partial charge in [0, 0.05) is 50.3 Å². The lowest BCUT2D eigenvalue weighted by molar-refractivity contribution is -0.142. The van der Waals surface area contributed by atoms with E-state index in [9.17, 15) is 14.4 Å². The Kier molecular flexibility index (Phi) is 7.51. The predicted octanol–water partition coefficient (Wildman–Crippen LogP) is 3.62. The van der Waals surface area contributed by atoms with Gasteiger partial charge in [-0.25, -0.2) is 4.79 Å². The van der Waals surface area contributed by atoms with Gasteiger partial charge in [-0.2, -0.15) is 0 Å². The molecule has 4 heterocycles. The molecule has 6 rings (SSSR count). The molecule has 0 aliphatic carbocycles. The Morgan fingerprint density at radius 2 is 1.70 bits per heavy atom. The molecule has 2 aromatic rings. The summed E-state index contributed by atoms with van der Waals surface area (Å²) in [6.07, 6.45) is 3.42. The second-order valence-electron chi connectivity index (χ2n) is 10.8. The first-order valence-corrected chi connectivity index (χ1v) is 14.1. The van der Waals surface area contributed by atoms with Crippen molar-refractivity contribution in [2.75, 3.05) is 44.8 Å². The molecule has 0 bridgehead atoms. The quantitative estimate of drug-likeness (QED) is 0.504. The molecule has 212 valence electrons. The molecule has 3 fully saturated rings. The number of piperidine rings is 2. The van der Waals surface area contributed by atoms with Crippen LogP contribution in [0.4, 0.5) is 10.5 Å². The molecule has 2 aromatic carbocycles. The number of nitrogens with zero attached hydrogens (tertiary/aromatic N) is 3. The maximum atomic E-state index is 13.5. The highest BCUT2D eigenvalue weighted by Gasteiger charge is 2.36. The van der Waals surface area contributed by atoms with Gasteiger partial charge in [0.1, 0.15) is 30.3 Å². The van der Waals surface area contributed by atoms with Crippen LogP contribution in [0.2, 0.25) is 0 Å². The zero-order chi connectivity index (χ0) is 27.6. The van der Waals surface area contributed by atoms with Crippen LogP contribution in [0.25, 0.3) is 0 Å². The second kappa shape index (κ2) is 11.4. The summed E-state index contributed by atoms with van der Waals surface area (Å²) in [6, 6.07) is 13.0. The number of hydrogen-bond donors (Lipinski definition) is 0. The molecule has 10 nitrogen and oxygen atoms in total. The Hall–Kier alpha value is -3.79. The van der Waals surface area contributed by atoms with Crippen molar-refractivity contribution in [3.05, 3.63) is 53.6 Å². The van der Waals surface area contributed by atoms with Crippen LogP contribution in [0.1, 0.15) is 48.0 Å². The molecular formula is C30H35N3O7. The fraction of sp³-hybridized carbons (Fsp3) is 0.500. The first kappa shape index (κ1) is 26.4. The van der Waals surface area contributed by atoms with Gasteiger partial charge in [-0.05, 0) is 43.9 Å². The van der Waals surface area contributed by atoms with Crippen LogP contribution >= 0.6 is 0 Å². The molecule has 0 aromatic heterocycles. The number of carbonyl (C=O) groups is 3. The van der Waals surface area contributed by atoms with Gasteiger partial charge < -0.3 is 23.8 Å². The molecule has 3 saturated heterocycles. The standard InChI is InChI=1S/C30H35N3O7/c1-37-27-18-23(40-22-10-15-31(16-11-22)26-12-17-38-29(26)35)6-7-24(27)28(34)32-13-8-21(9-14-32)33-25-5-3-2-4-20(25)19-39-30(33)36/h2-7,18,21-22,26H,8-17,19H2,1H3. The molecule has 4 aliphatic heterocycles. The minimum atomic E-state index is -0.326. The summed E-state index contributed by atoms with van der Waals surface area (Å²) < 4.78 is 22.3. The van der Waals surface area contributed by atoms with E-state index in [1.165, 1.54) is 0 Å². The van der Waals surface area contributed by atoms with Crippen molar-refractivity contribution in [3.63, 3.8) is 0 Å². The summed E-state index contributed by atoms with van der Waals surface area (Å²) in [5.74, 6) is 0.922. The van der Waals surface area contributed by atoms with Crippen LogP contribution < -0.4 is 14.4 Å². The van der Waals surface area contributed by atoms with Crippen LogP contribution in [0.5, 0.6) is 11.5 Å². The van der Waals surface area contributed by atoms with E-state index in [0.29, 0.717) is 56.2 Å². The summed E-state index contributed by atoms with van der Waals surface area (Å²) in [5.41, 5.74) is 2.38. The van der Waals surface area contributed by atoms with Gasteiger partial charge in [-0.3, -0.25) is 19.4 Å². The van der Waals surface area contributed by atoms with Crippen molar-refractivity contribution >= 4 is 23.7 Å². The molecular weight excluding hydrogens is 514 g/mol. The number of fused-ring (bicyclic) bond motifs is 1. The van der Waals surface area contributed by atoms with Crippen molar-refractivity contribution in [1.82, 2.24) is 9.80 Å². The minimum absolute atomic E-state index is 0.0265. The topological polar surface area (TPSA) is 97.8 Å². The third-order valence-corrected chi connectivity index (χ3v) is 8.45. The fourth-order valence-electron chi connectivity index (χ4n) is 6.25. The van der Waals surface area contributed by atoms with E-state index in [1.54, 1.807) is 24.1 Å². The maximum absolute atomic E-state index is 13.5. The van der Waals surface area contributed by atoms with Crippen LogP contribution in [0, 0.1) is 0 Å². The summed E-state index contributed by atoms with van der Waals surface area (Å²) in [6.45, 7) is 3.43. The van der Waals surface area contributed by atoms with Crippen molar-refractivity contribution in [1.29, 1.82) is 0 Å². The summed E-state index contributed by atoms with van der Waals surface area (Å²) in [4.78, 5) is 43.7. The fourth-order valence-corrected chi connectivity index (χ4v) is 6.25. The van der Waals surface area contributed by atoms with E-state index in [0.717, 1.165) is 43.6 Å². The molecule has 1 unspecified atom stereocenters. The number of benzene rings is 2. The third kappa shape index (κ3) is 5.20. The third-order valence-electron chi connectivity index (χ3n) is 8.45. The minimum Gasteiger partial charge on any atom is -0.496 e. The number of amides is 2. The summed E-state index contributed by atoms with van der Waals surface area (Å²) >= 11 is 0. The lowest BCUT2D eigenvalue weighted by atomic mass is 10.00.